The first-order chi connectivity index (χ1) is 9.88. The van der Waals surface area contributed by atoms with E-state index in [-0.39, 0.29) is 11.9 Å². The number of likely N-dealkylation sites (tertiary alicyclic amines) is 1. The molecule has 1 fully saturated rings. The zero-order valence-electron chi connectivity index (χ0n) is 13.2. The molecule has 0 aliphatic carbocycles. The zero-order valence-corrected chi connectivity index (χ0v) is 13.2. The Morgan fingerprint density at radius 3 is 2.67 bits per heavy atom. The Morgan fingerprint density at radius 1 is 1.38 bits per heavy atom. The Balaban J connectivity index is 1.94. The van der Waals surface area contributed by atoms with Crippen LogP contribution in [0.1, 0.15) is 44.2 Å². The van der Waals surface area contributed by atoms with E-state index in [1.165, 1.54) is 5.56 Å². The first kappa shape index (κ1) is 15.8. The van der Waals surface area contributed by atoms with Gasteiger partial charge in [-0.2, -0.15) is 0 Å². The van der Waals surface area contributed by atoms with Gasteiger partial charge in [-0.25, -0.2) is 0 Å². The summed E-state index contributed by atoms with van der Waals surface area (Å²) in [5.41, 5.74) is 1.51. The fraction of sp³-hybridized carbons (Fsp3) is 0.500. The number of carbonyl (C=O) groups excluding carboxylic acids is 1. The Kier molecular flexibility index (Phi) is 4.84. The van der Waals surface area contributed by atoms with Crippen molar-refractivity contribution < 1.29 is 9.90 Å². The molecule has 1 atom stereocenters. The molecule has 1 aromatic carbocycles. The molecule has 0 bridgehead atoms. The van der Waals surface area contributed by atoms with Crippen molar-refractivity contribution in [3.05, 3.63) is 41.5 Å². The number of hydrogen-bond donors (Lipinski definition) is 1. The number of benzene rings is 1. The van der Waals surface area contributed by atoms with E-state index in [1.807, 2.05) is 29.2 Å². The van der Waals surface area contributed by atoms with Gasteiger partial charge in [0, 0.05) is 13.0 Å². The van der Waals surface area contributed by atoms with E-state index >= 15 is 0 Å². The SMILES string of the molecule is Cc1ccc(/C=C/CC(=O)N2CCCC2C(C)(C)O)cc1. The summed E-state index contributed by atoms with van der Waals surface area (Å²) in [7, 11) is 0. The van der Waals surface area contributed by atoms with E-state index in [9.17, 15) is 9.90 Å². The third-order valence-electron chi connectivity index (χ3n) is 4.07. The number of nitrogens with zero attached hydrogens (tertiary/aromatic N) is 1. The molecule has 1 heterocycles. The average molecular weight is 287 g/mol. The summed E-state index contributed by atoms with van der Waals surface area (Å²) in [6.07, 6.45) is 6.14. The van der Waals surface area contributed by atoms with Crippen LogP contribution in [-0.4, -0.2) is 34.1 Å². The molecule has 1 N–H and O–H groups in total. The lowest BCUT2D eigenvalue weighted by Gasteiger charge is -2.33. The summed E-state index contributed by atoms with van der Waals surface area (Å²) in [5.74, 6) is 0.1000. The Morgan fingerprint density at radius 2 is 2.05 bits per heavy atom. The molecule has 1 amide bonds. The van der Waals surface area contributed by atoms with E-state index in [4.69, 9.17) is 0 Å². The number of aryl methyl sites for hydroxylation is 1. The molecule has 21 heavy (non-hydrogen) atoms. The first-order valence-electron chi connectivity index (χ1n) is 7.63. The average Bonchev–Trinajstić information content (AvgIpc) is 2.90. The highest BCUT2D eigenvalue weighted by atomic mass is 16.3. The molecule has 0 aromatic heterocycles. The predicted octanol–water partition coefficient (Wildman–Crippen LogP) is 3.16. The maximum absolute atomic E-state index is 12.3. The van der Waals surface area contributed by atoms with Gasteiger partial charge in [0.1, 0.15) is 0 Å². The minimum absolute atomic E-state index is 0.0576. The summed E-state index contributed by atoms with van der Waals surface area (Å²) in [6, 6.07) is 8.16. The molecule has 114 valence electrons. The molecule has 1 aliphatic rings. The topological polar surface area (TPSA) is 40.5 Å². The number of aliphatic hydroxyl groups is 1. The normalized spacial score (nSPS) is 19.4. The Hall–Kier alpha value is -1.61. The predicted molar refractivity (Wildman–Crippen MR) is 85.9 cm³/mol. The lowest BCUT2D eigenvalue weighted by Crippen LogP contribution is -2.48. The molecular weight excluding hydrogens is 262 g/mol. The van der Waals surface area contributed by atoms with Crippen molar-refractivity contribution in [1.82, 2.24) is 4.90 Å². The van der Waals surface area contributed by atoms with Gasteiger partial charge in [-0.1, -0.05) is 42.0 Å². The third-order valence-corrected chi connectivity index (χ3v) is 4.07. The molecule has 0 spiro atoms. The van der Waals surface area contributed by atoms with Crippen molar-refractivity contribution in [2.45, 2.75) is 51.7 Å². The minimum Gasteiger partial charge on any atom is -0.388 e. The lowest BCUT2D eigenvalue weighted by atomic mass is 9.96. The van der Waals surface area contributed by atoms with Crippen LogP contribution in [0.25, 0.3) is 6.08 Å². The maximum atomic E-state index is 12.3. The van der Waals surface area contributed by atoms with Crippen molar-refractivity contribution in [1.29, 1.82) is 0 Å². The second-order valence-electron chi connectivity index (χ2n) is 6.42. The maximum Gasteiger partial charge on any atom is 0.226 e. The van der Waals surface area contributed by atoms with Crippen LogP contribution in [0.4, 0.5) is 0 Å². The summed E-state index contributed by atoms with van der Waals surface area (Å²) in [6.45, 7) is 6.38. The largest absolute Gasteiger partial charge is 0.388 e. The smallest absolute Gasteiger partial charge is 0.226 e. The second-order valence-corrected chi connectivity index (χ2v) is 6.42. The standard InChI is InChI=1S/C18H25NO2/c1-14-9-11-15(12-10-14)6-4-8-17(20)19-13-5-7-16(19)18(2,3)21/h4,6,9-12,16,21H,5,7-8,13H2,1-3H3/b6-4+. The Labute approximate surface area is 127 Å². The third kappa shape index (κ3) is 4.18. The van der Waals surface area contributed by atoms with E-state index < -0.39 is 5.60 Å². The van der Waals surface area contributed by atoms with Crippen molar-refractivity contribution in [2.24, 2.45) is 0 Å². The minimum atomic E-state index is -0.827. The highest BCUT2D eigenvalue weighted by Gasteiger charge is 2.37. The van der Waals surface area contributed by atoms with E-state index in [0.717, 1.165) is 24.9 Å². The number of carbonyl (C=O) groups is 1. The molecule has 3 heteroatoms. The zero-order chi connectivity index (χ0) is 15.5. The monoisotopic (exact) mass is 287 g/mol. The number of rotatable bonds is 4. The van der Waals surface area contributed by atoms with Gasteiger partial charge in [0.2, 0.25) is 5.91 Å². The quantitative estimate of drug-likeness (QED) is 0.924. The molecular formula is C18H25NO2. The molecule has 0 radical (unpaired) electrons. The van der Waals surface area contributed by atoms with Crippen molar-refractivity contribution in [3.63, 3.8) is 0 Å². The van der Waals surface area contributed by atoms with Gasteiger partial charge in [0.05, 0.1) is 11.6 Å². The van der Waals surface area contributed by atoms with Gasteiger partial charge in [-0.15, -0.1) is 0 Å². The van der Waals surface area contributed by atoms with E-state index in [2.05, 4.69) is 19.1 Å². The highest BCUT2D eigenvalue weighted by molar-refractivity contribution is 5.79. The van der Waals surface area contributed by atoms with E-state index in [0.29, 0.717) is 6.42 Å². The molecule has 1 saturated heterocycles. The fourth-order valence-corrected chi connectivity index (χ4v) is 2.89. The summed E-state index contributed by atoms with van der Waals surface area (Å²) in [4.78, 5) is 14.1. The van der Waals surface area contributed by atoms with Crippen LogP contribution < -0.4 is 0 Å². The Bertz CT molecular complexity index is 511. The summed E-state index contributed by atoms with van der Waals surface area (Å²) in [5, 5.41) is 10.2. The van der Waals surface area contributed by atoms with Gasteiger partial charge in [-0.3, -0.25) is 4.79 Å². The lowest BCUT2D eigenvalue weighted by molar-refractivity contribution is -0.135. The summed E-state index contributed by atoms with van der Waals surface area (Å²) >= 11 is 0. The second kappa shape index (κ2) is 6.44. The van der Waals surface area contributed by atoms with Gasteiger partial charge in [-0.05, 0) is 39.2 Å². The van der Waals surface area contributed by atoms with Crippen LogP contribution in [0.15, 0.2) is 30.3 Å². The van der Waals surface area contributed by atoms with Crippen LogP contribution in [0.5, 0.6) is 0 Å². The van der Waals surface area contributed by atoms with Crippen LogP contribution >= 0.6 is 0 Å². The van der Waals surface area contributed by atoms with Crippen LogP contribution in [0.2, 0.25) is 0 Å². The van der Waals surface area contributed by atoms with Crippen molar-refractivity contribution in [3.8, 4) is 0 Å². The first-order valence-corrected chi connectivity index (χ1v) is 7.63. The molecule has 0 saturated carbocycles. The molecule has 1 aliphatic heterocycles. The van der Waals surface area contributed by atoms with E-state index in [1.54, 1.807) is 13.8 Å². The fourth-order valence-electron chi connectivity index (χ4n) is 2.89. The van der Waals surface area contributed by atoms with Crippen LogP contribution in [0.3, 0.4) is 0 Å². The van der Waals surface area contributed by atoms with Crippen LogP contribution in [0, 0.1) is 6.92 Å². The van der Waals surface area contributed by atoms with Gasteiger partial charge < -0.3 is 10.0 Å². The number of amides is 1. The molecule has 1 aromatic rings. The van der Waals surface area contributed by atoms with Crippen molar-refractivity contribution >= 4 is 12.0 Å². The molecule has 2 rings (SSSR count). The van der Waals surface area contributed by atoms with Crippen LogP contribution in [-0.2, 0) is 4.79 Å². The van der Waals surface area contributed by atoms with Gasteiger partial charge in [0.15, 0.2) is 0 Å². The highest BCUT2D eigenvalue weighted by Crippen LogP contribution is 2.27. The number of hydrogen-bond acceptors (Lipinski definition) is 2. The van der Waals surface area contributed by atoms with Gasteiger partial charge in [0.25, 0.3) is 0 Å². The van der Waals surface area contributed by atoms with Gasteiger partial charge >= 0.3 is 0 Å². The van der Waals surface area contributed by atoms with Crippen molar-refractivity contribution in [2.75, 3.05) is 6.54 Å². The summed E-state index contributed by atoms with van der Waals surface area (Å²) < 4.78 is 0. The molecule has 3 nitrogen and oxygen atoms in total. The molecule has 1 unspecified atom stereocenters.